The molecule has 0 saturated heterocycles. The first-order valence-corrected chi connectivity index (χ1v) is 8.00. The first-order chi connectivity index (χ1) is 9.29. The molecule has 2 aromatic rings. The summed E-state index contributed by atoms with van der Waals surface area (Å²) in [5, 5.41) is 0. The molecule has 0 aromatic heterocycles. The first-order valence-electron chi connectivity index (χ1n) is 6.10. The maximum absolute atomic E-state index is 13.5. The number of hydrogen-bond acceptors (Lipinski definition) is 3. The molecule has 0 bridgehead atoms. The molecular weight excluding hydrogens is 277 g/mol. The second kappa shape index (κ2) is 5.34. The van der Waals surface area contributed by atoms with Gasteiger partial charge in [0.1, 0.15) is 5.82 Å². The fraction of sp³-hybridized carbons (Fsp3) is 0.200. The lowest BCUT2D eigenvalue weighted by Crippen LogP contribution is -2.12. The van der Waals surface area contributed by atoms with E-state index >= 15 is 0 Å². The Morgan fingerprint density at radius 2 is 1.60 bits per heavy atom. The van der Waals surface area contributed by atoms with Crippen LogP contribution in [0.5, 0.6) is 0 Å². The van der Waals surface area contributed by atoms with E-state index in [9.17, 15) is 12.8 Å². The van der Waals surface area contributed by atoms with Crippen molar-refractivity contribution in [3.63, 3.8) is 0 Å². The summed E-state index contributed by atoms with van der Waals surface area (Å²) in [5.74, 6) is -0.300. The van der Waals surface area contributed by atoms with Gasteiger partial charge < -0.3 is 5.73 Å². The van der Waals surface area contributed by atoms with Crippen molar-refractivity contribution < 1.29 is 12.8 Å². The standard InChI is InChI=1S/C15H16FNO2S/c1-10-3-4-12(9-14(10)16)15(17)11-5-7-13(8-6-11)20(2,18)19/h3-9,15H,17H2,1-2H3. The molecular formula is C15H16FNO2S. The molecule has 1 unspecified atom stereocenters. The van der Waals surface area contributed by atoms with Crippen LogP contribution in [0.15, 0.2) is 47.4 Å². The molecule has 2 N–H and O–H groups in total. The average Bonchev–Trinajstić information content (AvgIpc) is 2.40. The maximum Gasteiger partial charge on any atom is 0.175 e. The van der Waals surface area contributed by atoms with Crippen LogP contribution in [0.4, 0.5) is 4.39 Å². The second-order valence-corrected chi connectivity index (χ2v) is 6.84. The van der Waals surface area contributed by atoms with Gasteiger partial charge in [-0.1, -0.05) is 24.3 Å². The van der Waals surface area contributed by atoms with Crippen LogP contribution >= 0.6 is 0 Å². The molecule has 0 aliphatic rings. The van der Waals surface area contributed by atoms with Crippen molar-refractivity contribution in [2.45, 2.75) is 17.9 Å². The van der Waals surface area contributed by atoms with E-state index in [1.54, 1.807) is 31.2 Å². The van der Waals surface area contributed by atoms with Crippen LogP contribution in [0.1, 0.15) is 22.7 Å². The lowest BCUT2D eigenvalue weighted by molar-refractivity contribution is 0.602. The maximum atomic E-state index is 13.5. The van der Waals surface area contributed by atoms with Gasteiger partial charge in [-0.2, -0.15) is 0 Å². The van der Waals surface area contributed by atoms with Crippen molar-refractivity contribution in [2.24, 2.45) is 5.73 Å². The zero-order valence-corrected chi connectivity index (χ0v) is 12.1. The quantitative estimate of drug-likeness (QED) is 0.946. The number of hydrogen-bond donors (Lipinski definition) is 1. The molecule has 0 spiro atoms. The minimum Gasteiger partial charge on any atom is -0.320 e. The van der Waals surface area contributed by atoms with Crippen molar-refractivity contribution >= 4 is 9.84 Å². The number of sulfone groups is 1. The molecule has 0 radical (unpaired) electrons. The molecule has 0 heterocycles. The molecule has 3 nitrogen and oxygen atoms in total. The molecule has 0 fully saturated rings. The van der Waals surface area contributed by atoms with Crippen molar-refractivity contribution in [1.29, 1.82) is 0 Å². The third-order valence-electron chi connectivity index (χ3n) is 3.22. The predicted octanol–water partition coefficient (Wildman–Crippen LogP) is 2.59. The van der Waals surface area contributed by atoms with E-state index in [2.05, 4.69) is 0 Å². The summed E-state index contributed by atoms with van der Waals surface area (Å²) in [4.78, 5) is 0.239. The second-order valence-electron chi connectivity index (χ2n) is 4.83. The average molecular weight is 293 g/mol. The van der Waals surface area contributed by atoms with Gasteiger partial charge in [-0.3, -0.25) is 0 Å². The molecule has 2 aromatic carbocycles. The number of halogens is 1. The summed E-state index contributed by atoms with van der Waals surface area (Å²) < 4.78 is 36.3. The van der Waals surface area contributed by atoms with Crippen LogP contribution in [-0.2, 0) is 9.84 Å². The fourth-order valence-electron chi connectivity index (χ4n) is 1.92. The summed E-state index contributed by atoms with van der Waals surface area (Å²) >= 11 is 0. The van der Waals surface area contributed by atoms with Crippen molar-refractivity contribution in [3.05, 3.63) is 65.0 Å². The number of aryl methyl sites for hydroxylation is 1. The molecule has 0 saturated carbocycles. The fourth-order valence-corrected chi connectivity index (χ4v) is 2.55. The highest BCUT2D eigenvalue weighted by molar-refractivity contribution is 7.90. The summed E-state index contributed by atoms with van der Waals surface area (Å²) in [6.07, 6.45) is 1.15. The van der Waals surface area contributed by atoms with E-state index in [0.717, 1.165) is 11.8 Å². The van der Waals surface area contributed by atoms with Crippen LogP contribution in [0.2, 0.25) is 0 Å². The minimum absolute atomic E-state index is 0.239. The van der Waals surface area contributed by atoms with E-state index in [1.165, 1.54) is 18.2 Å². The van der Waals surface area contributed by atoms with E-state index in [4.69, 9.17) is 5.73 Å². The lowest BCUT2D eigenvalue weighted by Gasteiger charge is -2.13. The Labute approximate surface area is 118 Å². The van der Waals surface area contributed by atoms with Crippen LogP contribution in [0.25, 0.3) is 0 Å². The monoisotopic (exact) mass is 293 g/mol. The smallest absolute Gasteiger partial charge is 0.175 e. The lowest BCUT2D eigenvalue weighted by atomic mass is 9.98. The highest BCUT2D eigenvalue weighted by atomic mass is 32.2. The van der Waals surface area contributed by atoms with Gasteiger partial charge in [0, 0.05) is 6.26 Å². The minimum atomic E-state index is -3.22. The summed E-state index contributed by atoms with van der Waals surface area (Å²) in [7, 11) is -3.22. The van der Waals surface area contributed by atoms with Gasteiger partial charge in [-0.15, -0.1) is 0 Å². The van der Waals surface area contributed by atoms with Crippen molar-refractivity contribution in [3.8, 4) is 0 Å². The predicted molar refractivity (Wildman–Crippen MR) is 76.7 cm³/mol. The molecule has 0 aliphatic carbocycles. The van der Waals surface area contributed by atoms with E-state index in [1.807, 2.05) is 0 Å². The summed E-state index contributed by atoms with van der Waals surface area (Å²) in [5.41, 5.74) is 8.03. The Morgan fingerprint density at radius 3 is 2.10 bits per heavy atom. The molecule has 1 atom stereocenters. The highest BCUT2D eigenvalue weighted by Gasteiger charge is 2.12. The SMILES string of the molecule is Cc1ccc(C(N)c2ccc(S(C)(=O)=O)cc2)cc1F. The Bertz CT molecular complexity index is 724. The number of rotatable bonds is 3. The van der Waals surface area contributed by atoms with Crippen molar-refractivity contribution in [2.75, 3.05) is 6.26 Å². The van der Waals surface area contributed by atoms with Crippen LogP contribution < -0.4 is 5.73 Å². The van der Waals surface area contributed by atoms with E-state index in [-0.39, 0.29) is 10.7 Å². The highest BCUT2D eigenvalue weighted by Crippen LogP contribution is 2.22. The summed E-state index contributed by atoms with van der Waals surface area (Å²) in [6.45, 7) is 1.69. The Balaban J connectivity index is 2.33. The molecule has 5 heteroatoms. The van der Waals surface area contributed by atoms with E-state index in [0.29, 0.717) is 11.1 Å². The molecule has 2 rings (SSSR count). The largest absolute Gasteiger partial charge is 0.320 e. The van der Waals surface area contributed by atoms with Gasteiger partial charge in [-0.05, 0) is 41.8 Å². The molecule has 106 valence electrons. The van der Waals surface area contributed by atoms with Gasteiger partial charge in [0.05, 0.1) is 10.9 Å². The van der Waals surface area contributed by atoms with Crippen LogP contribution in [-0.4, -0.2) is 14.7 Å². The normalized spacial score (nSPS) is 13.2. The summed E-state index contributed by atoms with van der Waals surface area (Å²) in [6, 6.07) is 10.7. The first kappa shape index (κ1) is 14.7. The van der Waals surface area contributed by atoms with Gasteiger partial charge in [0.15, 0.2) is 9.84 Å². The number of nitrogens with two attached hydrogens (primary N) is 1. The van der Waals surface area contributed by atoms with Crippen LogP contribution in [0.3, 0.4) is 0 Å². The third kappa shape index (κ3) is 3.05. The van der Waals surface area contributed by atoms with E-state index < -0.39 is 15.9 Å². The Hall–Kier alpha value is -1.72. The Morgan fingerprint density at radius 1 is 1.05 bits per heavy atom. The zero-order valence-electron chi connectivity index (χ0n) is 11.3. The van der Waals surface area contributed by atoms with Crippen molar-refractivity contribution in [1.82, 2.24) is 0 Å². The van der Waals surface area contributed by atoms with Gasteiger partial charge >= 0.3 is 0 Å². The van der Waals surface area contributed by atoms with Gasteiger partial charge in [-0.25, -0.2) is 12.8 Å². The van der Waals surface area contributed by atoms with Crippen LogP contribution in [0, 0.1) is 12.7 Å². The molecule has 0 aliphatic heterocycles. The molecule has 0 amide bonds. The number of benzene rings is 2. The van der Waals surface area contributed by atoms with Gasteiger partial charge in [0.2, 0.25) is 0 Å². The topological polar surface area (TPSA) is 60.2 Å². The molecule has 20 heavy (non-hydrogen) atoms. The zero-order chi connectivity index (χ0) is 14.9. The Kier molecular flexibility index (Phi) is 3.92. The van der Waals surface area contributed by atoms with Gasteiger partial charge in [0.25, 0.3) is 0 Å². The third-order valence-corrected chi connectivity index (χ3v) is 4.35.